The van der Waals surface area contributed by atoms with E-state index in [9.17, 15) is 15.2 Å². The van der Waals surface area contributed by atoms with Gasteiger partial charge >= 0.3 is 6.03 Å². The van der Waals surface area contributed by atoms with Crippen molar-refractivity contribution in [3.05, 3.63) is 29.4 Å². The summed E-state index contributed by atoms with van der Waals surface area (Å²) >= 11 is 0. The minimum absolute atomic E-state index is 0.309. The van der Waals surface area contributed by atoms with E-state index in [0.29, 0.717) is 30.0 Å². The molecular weight excluding hydrogens is 314 g/mol. The van der Waals surface area contributed by atoms with Crippen molar-refractivity contribution in [2.24, 2.45) is 10.8 Å². The number of primary amides is 1. The number of nitrogens with one attached hydrogen (secondary N) is 1. The topological polar surface area (TPSA) is 130 Å². The second-order valence-corrected chi connectivity index (χ2v) is 6.55. The normalized spacial score (nSPS) is 28.7. The Bertz CT molecular complexity index is 709. The first-order valence-corrected chi connectivity index (χ1v) is 7.82. The van der Waals surface area contributed by atoms with E-state index < -0.39 is 17.2 Å². The number of hydroxylamine groups is 3. The Morgan fingerprint density at radius 3 is 2.92 bits per heavy atom. The molecule has 1 saturated carbocycles. The molecule has 9 nitrogen and oxygen atoms in total. The smallest absolute Gasteiger partial charge is 0.332 e. The molecule has 2 aliphatic rings. The number of hydrogen-bond acceptors (Lipinski definition) is 6. The monoisotopic (exact) mass is 335 g/mol. The van der Waals surface area contributed by atoms with Crippen LogP contribution in [-0.4, -0.2) is 43.7 Å². The van der Waals surface area contributed by atoms with E-state index >= 15 is 0 Å². The second-order valence-electron chi connectivity index (χ2n) is 6.55. The van der Waals surface area contributed by atoms with Crippen molar-refractivity contribution in [2.75, 3.05) is 0 Å². The van der Waals surface area contributed by atoms with Crippen molar-refractivity contribution in [1.29, 1.82) is 0 Å². The van der Waals surface area contributed by atoms with Gasteiger partial charge < -0.3 is 20.6 Å². The molecule has 1 aliphatic carbocycles. The number of furan rings is 1. The van der Waals surface area contributed by atoms with Crippen molar-refractivity contribution < 1.29 is 19.2 Å². The minimum atomic E-state index is -1.38. The highest BCUT2D eigenvalue weighted by molar-refractivity contribution is 6.05. The summed E-state index contributed by atoms with van der Waals surface area (Å²) in [7, 11) is 0. The van der Waals surface area contributed by atoms with Crippen molar-refractivity contribution >= 4 is 17.5 Å². The molecule has 2 amide bonds. The lowest BCUT2D eigenvalue weighted by Gasteiger charge is -2.38. The van der Waals surface area contributed by atoms with Crippen LogP contribution in [0.3, 0.4) is 0 Å². The quantitative estimate of drug-likeness (QED) is 0.427. The summed E-state index contributed by atoms with van der Waals surface area (Å²) in [4.78, 5) is 11.0. The number of hydrogen-bond donors (Lipinski definition) is 3. The van der Waals surface area contributed by atoms with Crippen LogP contribution in [0.2, 0.25) is 0 Å². The average molecular weight is 335 g/mol. The number of carbonyl (C=O) groups is 1. The summed E-state index contributed by atoms with van der Waals surface area (Å²) in [6, 6.07) is 2.54. The van der Waals surface area contributed by atoms with E-state index in [4.69, 9.17) is 10.2 Å². The lowest BCUT2D eigenvalue weighted by atomic mass is 9.86. The molecule has 1 fully saturated rings. The summed E-state index contributed by atoms with van der Waals surface area (Å²) in [6.45, 7) is 3.47. The Labute approximate surface area is 139 Å². The maximum atomic E-state index is 13.3. The first-order valence-electron chi connectivity index (χ1n) is 7.82. The van der Waals surface area contributed by atoms with Gasteiger partial charge in [-0.3, -0.25) is 0 Å². The van der Waals surface area contributed by atoms with Crippen LogP contribution < -0.4 is 11.2 Å². The fraction of sp³-hybridized carbons (Fsp3) is 0.533. The van der Waals surface area contributed by atoms with Gasteiger partial charge in [0, 0.05) is 6.42 Å². The Morgan fingerprint density at radius 1 is 1.54 bits per heavy atom. The van der Waals surface area contributed by atoms with E-state index in [-0.39, 0.29) is 0 Å². The number of rotatable bonds is 2. The van der Waals surface area contributed by atoms with Crippen LogP contribution in [0.4, 0.5) is 4.79 Å². The van der Waals surface area contributed by atoms with Gasteiger partial charge in [-0.1, -0.05) is 0 Å². The lowest BCUT2D eigenvalue weighted by Crippen LogP contribution is -2.61. The van der Waals surface area contributed by atoms with Gasteiger partial charge in [0.15, 0.2) is 5.76 Å². The summed E-state index contributed by atoms with van der Waals surface area (Å²) in [5.41, 5.74) is 5.56. The summed E-state index contributed by atoms with van der Waals surface area (Å²) in [5.74, 6) is 0.388. The van der Waals surface area contributed by atoms with Crippen molar-refractivity contribution in [3.8, 4) is 0 Å². The summed E-state index contributed by atoms with van der Waals surface area (Å²) in [5, 5.41) is 29.2. The number of carbonyl (C=O) groups excluding carboxylic acids is 1. The molecule has 0 radical (unpaired) electrons. The fourth-order valence-corrected chi connectivity index (χ4v) is 3.62. The third-order valence-corrected chi connectivity index (χ3v) is 4.71. The average Bonchev–Trinajstić information content (AvgIpc) is 3.09. The molecule has 0 aromatic carbocycles. The number of urea groups is 1. The molecule has 9 heteroatoms. The van der Waals surface area contributed by atoms with Gasteiger partial charge in [0.2, 0.25) is 0 Å². The highest BCUT2D eigenvalue weighted by Gasteiger charge is 2.66. The SMILES string of the molecule is CC1(C)C(c2ccco2)=[N+]([O-])C2(CCCC/C2=N\NC(N)=O)N1O. The third-order valence-electron chi connectivity index (χ3n) is 4.71. The maximum Gasteiger partial charge on any atom is 0.332 e. The van der Waals surface area contributed by atoms with Gasteiger partial charge in [-0.05, 0) is 45.2 Å². The van der Waals surface area contributed by atoms with Gasteiger partial charge in [0.05, 0.1) is 6.26 Å². The summed E-state index contributed by atoms with van der Waals surface area (Å²) < 4.78 is 6.15. The second kappa shape index (κ2) is 5.60. The number of nitrogens with two attached hydrogens (primary N) is 1. The zero-order chi connectivity index (χ0) is 17.5. The Hall–Kier alpha value is -2.39. The molecule has 2 heterocycles. The van der Waals surface area contributed by atoms with Crippen molar-refractivity contribution in [1.82, 2.24) is 10.5 Å². The molecule has 3 rings (SSSR count). The lowest BCUT2D eigenvalue weighted by molar-refractivity contribution is -0.568. The number of nitrogens with zero attached hydrogens (tertiary/aromatic N) is 3. The van der Waals surface area contributed by atoms with E-state index in [1.807, 2.05) is 0 Å². The van der Waals surface area contributed by atoms with Crippen molar-refractivity contribution in [3.63, 3.8) is 0 Å². The van der Waals surface area contributed by atoms with Gasteiger partial charge in [-0.2, -0.15) is 9.84 Å². The first kappa shape index (κ1) is 16.5. The van der Waals surface area contributed by atoms with E-state index in [1.54, 1.807) is 26.0 Å². The zero-order valence-corrected chi connectivity index (χ0v) is 13.7. The third kappa shape index (κ3) is 2.20. The highest BCUT2D eigenvalue weighted by Crippen LogP contribution is 2.42. The largest absolute Gasteiger partial charge is 0.622 e. The molecule has 0 bridgehead atoms. The Balaban J connectivity index is 2.17. The van der Waals surface area contributed by atoms with Gasteiger partial charge in [-0.15, -0.1) is 5.06 Å². The van der Waals surface area contributed by atoms with Gasteiger partial charge in [-0.25, -0.2) is 10.2 Å². The standard InChI is InChI=1S/C15H21N5O4/c1-14(2)12(10-6-5-9-24-10)19(22)15(20(14)23)8-4-3-7-11(15)17-18-13(16)21/h5-6,9,23H,3-4,7-8H2,1-2H3,(H3,16,18,21)/b17-11+. The number of hydrazone groups is 1. The Morgan fingerprint density at radius 2 is 2.29 bits per heavy atom. The fourth-order valence-electron chi connectivity index (χ4n) is 3.62. The van der Waals surface area contributed by atoms with Crippen LogP contribution >= 0.6 is 0 Å². The van der Waals surface area contributed by atoms with Gasteiger partial charge in [0.1, 0.15) is 11.3 Å². The minimum Gasteiger partial charge on any atom is -0.622 e. The van der Waals surface area contributed by atoms with E-state index in [1.165, 1.54) is 6.26 Å². The predicted octanol–water partition coefficient (Wildman–Crippen LogP) is 1.36. The molecular formula is C15H21N5O4. The van der Waals surface area contributed by atoms with Crippen molar-refractivity contribution in [2.45, 2.75) is 50.7 Å². The molecule has 1 aromatic heterocycles. The molecule has 1 spiro atoms. The predicted molar refractivity (Wildman–Crippen MR) is 85.5 cm³/mol. The first-order chi connectivity index (χ1) is 11.3. The summed E-state index contributed by atoms with van der Waals surface area (Å²) in [6.07, 6.45) is 3.87. The van der Waals surface area contributed by atoms with Crippen LogP contribution in [-0.2, 0) is 0 Å². The molecule has 1 atom stereocenters. The zero-order valence-electron chi connectivity index (χ0n) is 13.7. The molecule has 4 N–H and O–H groups in total. The number of amides is 2. The van der Waals surface area contributed by atoms with Gasteiger partial charge in [0.25, 0.3) is 11.4 Å². The molecule has 24 heavy (non-hydrogen) atoms. The van der Waals surface area contributed by atoms with E-state index in [0.717, 1.165) is 22.6 Å². The van der Waals surface area contributed by atoms with E-state index in [2.05, 4.69) is 10.5 Å². The molecule has 1 aliphatic heterocycles. The molecule has 1 unspecified atom stereocenters. The highest BCUT2D eigenvalue weighted by atomic mass is 16.6. The van der Waals surface area contributed by atoms with Crippen LogP contribution in [0, 0.1) is 5.21 Å². The van der Waals surface area contributed by atoms with Crippen LogP contribution in [0.15, 0.2) is 27.9 Å². The van der Waals surface area contributed by atoms with Crippen LogP contribution in [0.5, 0.6) is 0 Å². The molecule has 1 aromatic rings. The Kier molecular flexibility index (Phi) is 3.84. The van der Waals surface area contributed by atoms with Crippen LogP contribution in [0.1, 0.15) is 45.3 Å². The maximum absolute atomic E-state index is 13.3. The van der Waals surface area contributed by atoms with Crippen LogP contribution in [0.25, 0.3) is 0 Å². The molecule has 130 valence electrons. The molecule has 0 saturated heterocycles.